The fourth-order valence-corrected chi connectivity index (χ4v) is 5.95. The van der Waals surface area contributed by atoms with E-state index in [2.05, 4.69) is 5.32 Å². The van der Waals surface area contributed by atoms with Crippen molar-refractivity contribution < 1.29 is 18.0 Å². The molecule has 0 radical (unpaired) electrons. The van der Waals surface area contributed by atoms with Crippen LogP contribution in [0.5, 0.6) is 0 Å². The molecule has 40 heavy (non-hydrogen) atoms. The van der Waals surface area contributed by atoms with Gasteiger partial charge in [-0.25, -0.2) is 8.42 Å². The predicted molar refractivity (Wildman–Crippen MR) is 161 cm³/mol. The van der Waals surface area contributed by atoms with Crippen LogP contribution in [0.25, 0.3) is 0 Å². The molecule has 0 aliphatic carbocycles. The molecular formula is C30H35Cl2N3O4S. The van der Waals surface area contributed by atoms with Gasteiger partial charge in [-0.2, -0.15) is 0 Å². The minimum atomic E-state index is -4.12. The Labute approximate surface area is 247 Å². The van der Waals surface area contributed by atoms with Gasteiger partial charge in [0.25, 0.3) is 10.0 Å². The van der Waals surface area contributed by atoms with Crippen molar-refractivity contribution in [2.75, 3.05) is 10.8 Å². The number of nitrogens with one attached hydrogen (secondary N) is 1. The van der Waals surface area contributed by atoms with Crippen LogP contribution in [-0.2, 0) is 26.2 Å². The summed E-state index contributed by atoms with van der Waals surface area (Å²) in [7, 11) is -4.12. The van der Waals surface area contributed by atoms with Crippen LogP contribution >= 0.6 is 23.2 Å². The van der Waals surface area contributed by atoms with Crippen LogP contribution in [-0.4, -0.2) is 43.8 Å². The van der Waals surface area contributed by atoms with Crippen molar-refractivity contribution in [3.8, 4) is 0 Å². The summed E-state index contributed by atoms with van der Waals surface area (Å²) in [6.07, 6.45) is 0.320. The van der Waals surface area contributed by atoms with E-state index in [4.69, 9.17) is 23.2 Å². The smallest absolute Gasteiger partial charge is 0.264 e. The van der Waals surface area contributed by atoms with Gasteiger partial charge >= 0.3 is 0 Å². The van der Waals surface area contributed by atoms with Crippen molar-refractivity contribution in [1.82, 2.24) is 10.2 Å². The van der Waals surface area contributed by atoms with E-state index in [1.54, 1.807) is 61.5 Å². The Balaban J connectivity index is 2.07. The van der Waals surface area contributed by atoms with Gasteiger partial charge in [0.15, 0.2) is 0 Å². The monoisotopic (exact) mass is 603 g/mol. The first-order valence-corrected chi connectivity index (χ1v) is 15.2. The molecule has 1 N–H and O–H groups in total. The van der Waals surface area contributed by atoms with E-state index >= 15 is 0 Å². The number of nitrogens with zero attached hydrogens (tertiary/aromatic N) is 2. The number of aryl methyl sites for hydroxylation is 2. The highest BCUT2D eigenvalue weighted by Crippen LogP contribution is 2.27. The van der Waals surface area contributed by atoms with Crippen LogP contribution < -0.4 is 9.62 Å². The fraction of sp³-hybridized carbons (Fsp3) is 0.333. The van der Waals surface area contributed by atoms with Crippen LogP contribution in [0.15, 0.2) is 71.6 Å². The Kier molecular flexibility index (Phi) is 10.6. The topological polar surface area (TPSA) is 86.8 Å². The Morgan fingerprint density at radius 2 is 1.45 bits per heavy atom. The molecule has 0 fully saturated rings. The number of carbonyl (C=O) groups excluding carboxylic acids is 2. The van der Waals surface area contributed by atoms with E-state index < -0.39 is 28.5 Å². The lowest BCUT2D eigenvalue weighted by Gasteiger charge is -2.33. The summed E-state index contributed by atoms with van der Waals surface area (Å²) in [5.74, 6) is -0.859. The predicted octanol–water partition coefficient (Wildman–Crippen LogP) is 6.14. The minimum absolute atomic E-state index is 0.0338. The molecular weight excluding hydrogens is 569 g/mol. The molecule has 2 amide bonds. The maximum atomic E-state index is 14.1. The molecule has 1 atom stereocenters. The number of rotatable bonds is 11. The van der Waals surface area contributed by atoms with Gasteiger partial charge in [0, 0.05) is 12.6 Å². The normalized spacial score (nSPS) is 12.2. The van der Waals surface area contributed by atoms with Gasteiger partial charge in [0.2, 0.25) is 11.8 Å². The molecule has 0 heterocycles. The fourth-order valence-electron chi connectivity index (χ4n) is 4.21. The van der Waals surface area contributed by atoms with Crippen molar-refractivity contribution in [2.24, 2.45) is 0 Å². The van der Waals surface area contributed by atoms with Gasteiger partial charge in [0.1, 0.15) is 12.6 Å². The standard InChI is InChI=1S/C30H35Cl2N3O4S/c1-6-28(30(37)33-20(2)3)34(18-23-11-16-26(31)27(32)17-23)29(36)19-35(24-12-7-21(4)8-13-24)40(38,39)25-14-9-22(5)10-15-25/h7-17,20,28H,6,18-19H2,1-5H3,(H,33,37). The van der Waals surface area contributed by atoms with Crippen LogP contribution in [0.3, 0.4) is 0 Å². The molecule has 3 aromatic rings. The quantitative estimate of drug-likeness (QED) is 0.285. The second-order valence-electron chi connectivity index (χ2n) is 10.0. The summed E-state index contributed by atoms with van der Waals surface area (Å²) in [5.41, 5.74) is 2.85. The highest BCUT2D eigenvalue weighted by Gasteiger charge is 2.34. The molecule has 214 valence electrons. The molecule has 7 nitrogen and oxygen atoms in total. The lowest BCUT2D eigenvalue weighted by Crippen LogP contribution is -2.53. The number of hydrogen-bond donors (Lipinski definition) is 1. The van der Waals surface area contributed by atoms with Gasteiger partial charge < -0.3 is 10.2 Å². The molecule has 0 saturated carbocycles. The summed E-state index contributed by atoms with van der Waals surface area (Å²) in [5, 5.41) is 3.55. The first-order chi connectivity index (χ1) is 18.8. The summed E-state index contributed by atoms with van der Waals surface area (Å²) >= 11 is 12.3. The SMILES string of the molecule is CCC(C(=O)NC(C)C)N(Cc1ccc(Cl)c(Cl)c1)C(=O)CN(c1ccc(C)cc1)S(=O)(=O)c1ccc(C)cc1. The molecule has 0 saturated heterocycles. The Bertz CT molecular complexity index is 1440. The second kappa shape index (κ2) is 13.5. The van der Waals surface area contributed by atoms with Gasteiger partial charge in [-0.3, -0.25) is 13.9 Å². The van der Waals surface area contributed by atoms with Crippen molar-refractivity contribution in [3.63, 3.8) is 0 Å². The van der Waals surface area contributed by atoms with E-state index in [-0.39, 0.29) is 23.4 Å². The van der Waals surface area contributed by atoms with Crippen molar-refractivity contribution in [3.05, 3.63) is 93.5 Å². The van der Waals surface area contributed by atoms with Gasteiger partial charge in [-0.15, -0.1) is 0 Å². The molecule has 0 spiro atoms. The summed E-state index contributed by atoms with van der Waals surface area (Å²) in [4.78, 5) is 28.7. The zero-order chi connectivity index (χ0) is 29.6. The van der Waals surface area contributed by atoms with E-state index in [0.29, 0.717) is 27.7 Å². The molecule has 0 aliphatic heterocycles. The molecule has 1 unspecified atom stereocenters. The van der Waals surface area contributed by atoms with E-state index in [1.165, 1.54) is 17.0 Å². The zero-order valence-electron chi connectivity index (χ0n) is 23.3. The highest BCUT2D eigenvalue weighted by molar-refractivity contribution is 7.92. The number of halogens is 2. The number of benzene rings is 3. The summed E-state index contributed by atoms with van der Waals surface area (Å²) in [6.45, 7) is 8.77. The van der Waals surface area contributed by atoms with Gasteiger partial charge in [0.05, 0.1) is 20.6 Å². The number of sulfonamides is 1. The third-order valence-corrected chi connectivity index (χ3v) is 8.89. The van der Waals surface area contributed by atoms with E-state index in [9.17, 15) is 18.0 Å². The molecule has 0 bridgehead atoms. The molecule has 3 rings (SSSR count). The van der Waals surface area contributed by atoms with Crippen molar-refractivity contribution in [1.29, 1.82) is 0 Å². The lowest BCUT2D eigenvalue weighted by atomic mass is 10.1. The van der Waals surface area contributed by atoms with Crippen LogP contribution in [0.1, 0.15) is 43.9 Å². The van der Waals surface area contributed by atoms with Crippen LogP contribution in [0.2, 0.25) is 10.0 Å². The number of anilines is 1. The molecule has 10 heteroatoms. The largest absolute Gasteiger partial charge is 0.352 e. The van der Waals surface area contributed by atoms with Crippen LogP contribution in [0.4, 0.5) is 5.69 Å². The third kappa shape index (κ3) is 7.77. The van der Waals surface area contributed by atoms with Crippen molar-refractivity contribution in [2.45, 2.75) is 64.6 Å². The Hall–Kier alpha value is -3.07. The first kappa shape index (κ1) is 31.5. The average Bonchev–Trinajstić information content (AvgIpc) is 2.89. The Morgan fingerprint density at radius 3 is 1.98 bits per heavy atom. The lowest BCUT2D eigenvalue weighted by molar-refractivity contribution is -0.140. The first-order valence-electron chi connectivity index (χ1n) is 13.0. The van der Waals surface area contributed by atoms with Gasteiger partial charge in [-0.1, -0.05) is 71.6 Å². The molecule has 0 aliphatic rings. The number of amides is 2. The van der Waals surface area contributed by atoms with Gasteiger partial charge in [-0.05, 0) is 76.1 Å². The number of hydrogen-bond acceptors (Lipinski definition) is 4. The zero-order valence-corrected chi connectivity index (χ0v) is 25.6. The maximum absolute atomic E-state index is 14.1. The summed E-state index contributed by atoms with van der Waals surface area (Å²) < 4.78 is 28.9. The Morgan fingerprint density at radius 1 is 0.875 bits per heavy atom. The average molecular weight is 605 g/mol. The van der Waals surface area contributed by atoms with Crippen LogP contribution in [0, 0.1) is 13.8 Å². The summed E-state index contributed by atoms with van der Waals surface area (Å²) in [6, 6.07) is 17.4. The molecule has 0 aromatic heterocycles. The van der Waals surface area contributed by atoms with E-state index in [1.807, 2.05) is 27.7 Å². The van der Waals surface area contributed by atoms with Crippen molar-refractivity contribution >= 4 is 50.7 Å². The molecule has 3 aromatic carbocycles. The highest BCUT2D eigenvalue weighted by atomic mass is 35.5. The van der Waals surface area contributed by atoms with E-state index in [0.717, 1.165) is 15.4 Å². The number of carbonyl (C=O) groups is 2. The second-order valence-corrected chi connectivity index (χ2v) is 12.7. The maximum Gasteiger partial charge on any atom is 0.264 e. The minimum Gasteiger partial charge on any atom is -0.352 e. The third-order valence-electron chi connectivity index (χ3n) is 6.36.